The molecule has 6 unspecified atom stereocenters. The highest BCUT2D eigenvalue weighted by Gasteiger charge is 2.36. The van der Waals surface area contributed by atoms with Crippen molar-refractivity contribution in [1.29, 1.82) is 0 Å². The predicted octanol–water partition coefficient (Wildman–Crippen LogP) is 9.75. The lowest BCUT2D eigenvalue weighted by molar-refractivity contribution is 0.199. The van der Waals surface area contributed by atoms with Crippen LogP contribution in [0.25, 0.3) is 0 Å². The summed E-state index contributed by atoms with van der Waals surface area (Å²) in [6.45, 7) is 16.8. The Morgan fingerprint density at radius 1 is 0.972 bits per heavy atom. The van der Waals surface area contributed by atoms with Crippen molar-refractivity contribution < 1.29 is 0 Å². The summed E-state index contributed by atoms with van der Waals surface area (Å²) < 4.78 is 0. The van der Waals surface area contributed by atoms with Crippen LogP contribution in [0.2, 0.25) is 0 Å². The van der Waals surface area contributed by atoms with E-state index in [0.717, 1.165) is 6.42 Å². The topological polar surface area (TPSA) is 3.24 Å². The zero-order valence-electron chi connectivity index (χ0n) is 24.3. The van der Waals surface area contributed by atoms with E-state index in [0.29, 0.717) is 35.8 Å². The Labute approximate surface area is 223 Å². The lowest BCUT2D eigenvalue weighted by Crippen LogP contribution is -2.43. The molecule has 0 bridgehead atoms. The van der Waals surface area contributed by atoms with Crippen LogP contribution in [0.4, 0.5) is 0 Å². The highest BCUT2D eigenvalue weighted by atomic mass is 15.2. The van der Waals surface area contributed by atoms with Gasteiger partial charge >= 0.3 is 0 Å². The molecule has 6 atom stereocenters. The van der Waals surface area contributed by atoms with Crippen molar-refractivity contribution in [2.45, 2.75) is 117 Å². The summed E-state index contributed by atoms with van der Waals surface area (Å²) in [5, 5.41) is 0. The maximum atomic E-state index is 4.84. The molecular formula is C35H53N. The monoisotopic (exact) mass is 487 g/mol. The van der Waals surface area contributed by atoms with Crippen LogP contribution < -0.4 is 0 Å². The zero-order chi connectivity index (χ0) is 25.8. The largest absolute Gasteiger partial charge is 0.293 e. The summed E-state index contributed by atoms with van der Waals surface area (Å²) in [6, 6.07) is 1.14. The number of hydrogen-bond acceptors (Lipinski definition) is 1. The quantitative estimate of drug-likeness (QED) is 0.337. The second-order valence-corrected chi connectivity index (χ2v) is 12.2. The highest BCUT2D eigenvalue weighted by Crippen LogP contribution is 2.47. The van der Waals surface area contributed by atoms with Gasteiger partial charge in [0, 0.05) is 12.1 Å². The van der Waals surface area contributed by atoms with Crippen LogP contribution in [0.3, 0.4) is 0 Å². The third kappa shape index (κ3) is 5.62. The molecule has 0 N–H and O–H groups in total. The smallest absolute Gasteiger partial charge is 0.0347 e. The predicted molar refractivity (Wildman–Crippen MR) is 158 cm³/mol. The lowest BCUT2D eigenvalue weighted by atomic mass is 9.67. The van der Waals surface area contributed by atoms with Crippen LogP contribution >= 0.6 is 0 Å². The number of fused-ring (bicyclic) bond motifs is 2. The second kappa shape index (κ2) is 12.3. The summed E-state index contributed by atoms with van der Waals surface area (Å²) in [6.07, 6.45) is 26.2. The first kappa shape index (κ1) is 27.4. The number of rotatable bonds is 6. The third-order valence-corrected chi connectivity index (χ3v) is 10.2. The van der Waals surface area contributed by atoms with Crippen LogP contribution in [0.5, 0.6) is 0 Å². The molecule has 0 spiro atoms. The Hall–Kier alpha value is -1.60. The zero-order valence-corrected chi connectivity index (χ0v) is 24.3. The molecule has 1 heterocycles. The maximum absolute atomic E-state index is 4.84. The molecule has 0 saturated heterocycles. The molecular weight excluding hydrogens is 434 g/mol. The number of hydrogen-bond donors (Lipinski definition) is 0. The van der Waals surface area contributed by atoms with E-state index in [1.165, 1.54) is 69.8 Å². The van der Waals surface area contributed by atoms with Crippen molar-refractivity contribution in [1.82, 2.24) is 4.90 Å². The molecule has 1 nitrogen and oxygen atoms in total. The first-order chi connectivity index (χ1) is 17.4. The Kier molecular flexibility index (Phi) is 9.37. The fourth-order valence-electron chi connectivity index (χ4n) is 7.91. The van der Waals surface area contributed by atoms with Crippen molar-refractivity contribution in [2.24, 2.45) is 23.7 Å². The van der Waals surface area contributed by atoms with Gasteiger partial charge in [-0.15, -0.1) is 0 Å². The molecule has 3 aliphatic carbocycles. The Morgan fingerprint density at radius 3 is 2.50 bits per heavy atom. The van der Waals surface area contributed by atoms with Gasteiger partial charge in [-0.2, -0.15) is 0 Å². The third-order valence-electron chi connectivity index (χ3n) is 10.2. The Bertz CT molecular complexity index is 953. The number of allylic oxidation sites excluding steroid dienone is 8. The van der Waals surface area contributed by atoms with E-state index in [2.05, 4.69) is 76.9 Å². The van der Waals surface area contributed by atoms with Gasteiger partial charge in [0.1, 0.15) is 0 Å². The normalized spacial score (nSPS) is 37.9. The van der Waals surface area contributed by atoms with E-state index in [1.807, 2.05) is 0 Å². The fourth-order valence-corrected chi connectivity index (χ4v) is 7.91. The molecule has 0 saturated carbocycles. The van der Waals surface area contributed by atoms with Gasteiger partial charge < -0.3 is 0 Å². The van der Waals surface area contributed by atoms with Gasteiger partial charge in [0.25, 0.3) is 0 Å². The van der Waals surface area contributed by atoms with Gasteiger partial charge in [-0.25, -0.2) is 0 Å². The first-order valence-corrected chi connectivity index (χ1v) is 15.3. The average molecular weight is 488 g/mol. The molecule has 0 radical (unpaired) electrons. The molecule has 0 aromatic carbocycles. The summed E-state index contributed by atoms with van der Waals surface area (Å²) >= 11 is 0. The minimum Gasteiger partial charge on any atom is -0.293 e. The highest BCUT2D eigenvalue weighted by molar-refractivity contribution is 5.39. The van der Waals surface area contributed by atoms with Crippen LogP contribution in [-0.2, 0) is 0 Å². The minimum absolute atomic E-state index is 0.542. The Morgan fingerprint density at radius 2 is 1.78 bits per heavy atom. The van der Waals surface area contributed by atoms with Crippen LogP contribution in [0, 0.1) is 23.7 Å². The molecule has 0 aromatic rings. The van der Waals surface area contributed by atoms with E-state index in [1.54, 1.807) is 27.9 Å². The minimum atomic E-state index is 0.542. The van der Waals surface area contributed by atoms with Crippen LogP contribution in [0.1, 0.15) is 105 Å². The van der Waals surface area contributed by atoms with Crippen molar-refractivity contribution in [3.8, 4) is 0 Å². The van der Waals surface area contributed by atoms with Crippen LogP contribution in [-0.4, -0.2) is 24.0 Å². The molecule has 36 heavy (non-hydrogen) atoms. The number of nitrogens with zero attached hydrogens (tertiary/aromatic N) is 1. The van der Waals surface area contributed by atoms with Crippen LogP contribution in [0.15, 0.2) is 70.4 Å². The molecule has 0 amide bonds. The van der Waals surface area contributed by atoms with Gasteiger partial charge in [-0.05, 0) is 120 Å². The molecule has 4 rings (SSSR count). The van der Waals surface area contributed by atoms with E-state index in [4.69, 9.17) is 6.58 Å². The van der Waals surface area contributed by atoms with E-state index in [9.17, 15) is 0 Å². The number of likely N-dealkylation sites (N-methyl/N-ethyl adjacent to an activating group) is 1. The Balaban J connectivity index is 1.78. The van der Waals surface area contributed by atoms with Gasteiger partial charge in [0.05, 0.1) is 0 Å². The summed E-state index contributed by atoms with van der Waals surface area (Å²) in [5.74, 6) is 2.57. The van der Waals surface area contributed by atoms with E-state index < -0.39 is 0 Å². The van der Waals surface area contributed by atoms with E-state index >= 15 is 0 Å². The van der Waals surface area contributed by atoms with Crippen molar-refractivity contribution >= 4 is 0 Å². The second-order valence-electron chi connectivity index (χ2n) is 12.2. The lowest BCUT2D eigenvalue weighted by Gasteiger charge is -2.42. The van der Waals surface area contributed by atoms with E-state index in [-0.39, 0.29) is 0 Å². The standard InChI is InChI=1S/C35H53N/c1-8-11-15-32-24(4)21-34(29-19-20-35-30(23-29)18-17-25(5)36(35)7)31(10-3)27(9-2)22-28-14-12-13-16-33(28)26(32)6/h12,14,17-18,23,25,28-29,33-35H,4,8-11,13,15-16,19-22H2,1-3,5-7H3/b31-27-,32-26-. The van der Waals surface area contributed by atoms with Gasteiger partial charge in [0.2, 0.25) is 0 Å². The summed E-state index contributed by atoms with van der Waals surface area (Å²) in [7, 11) is 2.31. The van der Waals surface area contributed by atoms with Crippen molar-refractivity contribution in [3.63, 3.8) is 0 Å². The molecule has 0 fully saturated rings. The molecule has 4 aliphatic rings. The average Bonchev–Trinajstić information content (AvgIpc) is 2.89. The van der Waals surface area contributed by atoms with Gasteiger partial charge in [-0.3, -0.25) is 4.90 Å². The van der Waals surface area contributed by atoms with Gasteiger partial charge in [-0.1, -0.05) is 86.4 Å². The molecule has 198 valence electrons. The summed E-state index contributed by atoms with van der Waals surface area (Å²) in [4.78, 5) is 2.58. The molecule has 0 aromatic heterocycles. The summed E-state index contributed by atoms with van der Waals surface area (Å²) in [5.41, 5.74) is 9.85. The SMILES string of the molecule is C=C1CC(C2C=C3C=CC(C)N(C)C3CC2)/C(CC)=C(/CC)CC2C=CCCC2/C(C)=C\1CCCC. The molecule has 1 aliphatic heterocycles. The fraction of sp³-hybridized carbons (Fsp3) is 0.657. The molecule has 1 heteroatoms. The van der Waals surface area contributed by atoms with Crippen molar-refractivity contribution in [2.75, 3.05) is 7.05 Å². The first-order valence-electron chi connectivity index (χ1n) is 15.3. The van der Waals surface area contributed by atoms with Gasteiger partial charge in [0.15, 0.2) is 0 Å². The maximum Gasteiger partial charge on any atom is 0.0347 e. The number of unbranched alkanes of at least 4 members (excludes halogenated alkanes) is 1. The van der Waals surface area contributed by atoms with Crippen molar-refractivity contribution in [3.05, 3.63) is 70.4 Å².